The highest BCUT2D eigenvalue weighted by atomic mass is 32.2. The molecule has 3 nitrogen and oxygen atoms in total. The Kier molecular flexibility index (Phi) is 4.02. The third-order valence-corrected chi connectivity index (χ3v) is 4.32. The van der Waals surface area contributed by atoms with Crippen molar-refractivity contribution in [3.8, 4) is 0 Å². The Morgan fingerprint density at radius 3 is 2.94 bits per heavy atom. The second-order valence-electron chi connectivity index (χ2n) is 3.59. The number of thioether (sulfide) groups is 1. The van der Waals surface area contributed by atoms with Crippen LogP contribution in [0.5, 0.6) is 0 Å². The van der Waals surface area contributed by atoms with Gasteiger partial charge in [-0.05, 0) is 25.5 Å². The second-order valence-corrected chi connectivity index (χ2v) is 5.68. The first-order valence-electron chi connectivity index (χ1n) is 5.36. The molecule has 0 aromatic carbocycles. The van der Waals surface area contributed by atoms with Crippen LogP contribution in [0.2, 0.25) is 0 Å². The summed E-state index contributed by atoms with van der Waals surface area (Å²) in [6.07, 6.45) is 2.57. The molecule has 0 saturated heterocycles. The summed E-state index contributed by atoms with van der Waals surface area (Å²) >= 11 is 2.91. The number of thiophene rings is 1. The Bertz CT molecular complexity index is 516. The van der Waals surface area contributed by atoms with Crippen molar-refractivity contribution in [3.05, 3.63) is 33.8 Å². The maximum absolute atomic E-state index is 11.9. The molecular weight excluding hydrogens is 254 g/mol. The van der Waals surface area contributed by atoms with E-state index in [9.17, 15) is 4.79 Å². The molecule has 0 atom stereocenters. The van der Waals surface area contributed by atoms with Gasteiger partial charge >= 0.3 is 0 Å². The van der Waals surface area contributed by atoms with E-state index in [0.29, 0.717) is 11.0 Å². The molecule has 0 N–H and O–H groups in total. The number of carbonyl (C=O) groups is 1. The second kappa shape index (κ2) is 5.51. The van der Waals surface area contributed by atoms with E-state index < -0.39 is 0 Å². The summed E-state index contributed by atoms with van der Waals surface area (Å²) in [6, 6.07) is 3.91. The number of aromatic nitrogens is 1. The van der Waals surface area contributed by atoms with Crippen LogP contribution in [0.25, 0.3) is 0 Å². The van der Waals surface area contributed by atoms with Gasteiger partial charge in [0.15, 0.2) is 5.78 Å². The molecule has 2 aromatic heterocycles. The predicted molar refractivity (Wildman–Crippen MR) is 70.0 cm³/mol. The SMILES string of the molecule is CCc1ccc(C(=O)CSc2nc(C)co2)s1. The van der Waals surface area contributed by atoms with Crippen LogP contribution in [0.1, 0.15) is 27.2 Å². The number of Topliss-reactive ketones (excluding diaryl/α,β-unsaturated/α-hetero) is 1. The van der Waals surface area contributed by atoms with Gasteiger partial charge in [0.1, 0.15) is 6.26 Å². The summed E-state index contributed by atoms with van der Waals surface area (Å²) in [6.45, 7) is 3.95. The van der Waals surface area contributed by atoms with Crippen LogP contribution in [-0.2, 0) is 6.42 Å². The minimum Gasteiger partial charge on any atom is -0.440 e. The average Bonchev–Trinajstić information content (AvgIpc) is 2.94. The number of aryl methyl sites for hydroxylation is 2. The molecule has 0 aliphatic heterocycles. The highest BCUT2D eigenvalue weighted by Gasteiger charge is 2.11. The van der Waals surface area contributed by atoms with E-state index in [0.717, 1.165) is 17.0 Å². The van der Waals surface area contributed by atoms with E-state index >= 15 is 0 Å². The monoisotopic (exact) mass is 267 g/mol. The summed E-state index contributed by atoms with van der Waals surface area (Å²) < 4.78 is 5.18. The Balaban J connectivity index is 1.93. The Labute approximate surface area is 108 Å². The Morgan fingerprint density at radius 2 is 2.35 bits per heavy atom. The summed E-state index contributed by atoms with van der Waals surface area (Å²) in [7, 11) is 0. The van der Waals surface area contributed by atoms with Crippen LogP contribution in [-0.4, -0.2) is 16.5 Å². The van der Waals surface area contributed by atoms with Crippen molar-refractivity contribution in [1.82, 2.24) is 4.98 Å². The molecule has 0 spiro atoms. The quantitative estimate of drug-likeness (QED) is 0.613. The molecule has 2 heterocycles. The van der Waals surface area contributed by atoms with Crippen molar-refractivity contribution in [2.75, 3.05) is 5.75 Å². The molecule has 2 aromatic rings. The zero-order chi connectivity index (χ0) is 12.3. The van der Waals surface area contributed by atoms with Gasteiger partial charge in [0.2, 0.25) is 0 Å². The molecule has 17 heavy (non-hydrogen) atoms. The van der Waals surface area contributed by atoms with Gasteiger partial charge < -0.3 is 4.42 Å². The first-order chi connectivity index (χ1) is 8.19. The van der Waals surface area contributed by atoms with Gasteiger partial charge in [0.05, 0.1) is 16.3 Å². The molecule has 2 rings (SSSR count). The Morgan fingerprint density at radius 1 is 1.53 bits per heavy atom. The maximum Gasteiger partial charge on any atom is 0.256 e. The molecule has 0 aliphatic rings. The maximum atomic E-state index is 11.9. The van der Waals surface area contributed by atoms with Gasteiger partial charge in [-0.3, -0.25) is 4.79 Å². The van der Waals surface area contributed by atoms with Crippen molar-refractivity contribution in [2.24, 2.45) is 0 Å². The number of hydrogen-bond acceptors (Lipinski definition) is 5. The van der Waals surface area contributed by atoms with Crippen LogP contribution in [0, 0.1) is 6.92 Å². The van der Waals surface area contributed by atoms with Crippen LogP contribution < -0.4 is 0 Å². The van der Waals surface area contributed by atoms with Crippen LogP contribution in [0.15, 0.2) is 28.0 Å². The fraction of sp³-hybridized carbons (Fsp3) is 0.333. The number of carbonyl (C=O) groups excluding carboxylic acids is 1. The zero-order valence-corrected chi connectivity index (χ0v) is 11.4. The number of oxazole rings is 1. The fourth-order valence-electron chi connectivity index (χ4n) is 1.31. The minimum atomic E-state index is 0.135. The van der Waals surface area contributed by atoms with E-state index in [1.807, 2.05) is 19.1 Å². The van der Waals surface area contributed by atoms with E-state index in [1.165, 1.54) is 16.6 Å². The van der Waals surface area contributed by atoms with Crippen LogP contribution in [0.3, 0.4) is 0 Å². The topological polar surface area (TPSA) is 43.1 Å². The first kappa shape index (κ1) is 12.4. The lowest BCUT2D eigenvalue weighted by molar-refractivity contribution is 0.102. The lowest BCUT2D eigenvalue weighted by Gasteiger charge is -1.94. The molecule has 0 radical (unpaired) electrons. The fourth-order valence-corrected chi connectivity index (χ4v) is 3.03. The molecule has 0 amide bonds. The van der Waals surface area contributed by atoms with Crippen molar-refractivity contribution in [2.45, 2.75) is 25.5 Å². The molecule has 0 unspecified atom stereocenters. The third-order valence-electron chi connectivity index (χ3n) is 2.21. The van der Waals surface area contributed by atoms with E-state index in [1.54, 1.807) is 17.6 Å². The lowest BCUT2D eigenvalue weighted by atomic mass is 10.3. The Hall–Kier alpha value is -1.07. The number of rotatable bonds is 5. The van der Waals surface area contributed by atoms with Crippen molar-refractivity contribution >= 4 is 28.9 Å². The molecule has 90 valence electrons. The molecule has 5 heteroatoms. The molecule has 0 saturated carbocycles. The molecule has 0 bridgehead atoms. The van der Waals surface area contributed by atoms with E-state index in [2.05, 4.69) is 11.9 Å². The van der Waals surface area contributed by atoms with Gasteiger partial charge in [-0.2, -0.15) is 0 Å². The van der Waals surface area contributed by atoms with Crippen LogP contribution in [0.4, 0.5) is 0 Å². The van der Waals surface area contributed by atoms with Crippen molar-refractivity contribution in [3.63, 3.8) is 0 Å². The molecule has 0 aliphatic carbocycles. The average molecular weight is 267 g/mol. The van der Waals surface area contributed by atoms with Gasteiger partial charge in [0, 0.05) is 4.88 Å². The van der Waals surface area contributed by atoms with Crippen molar-refractivity contribution in [1.29, 1.82) is 0 Å². The molecule has 0 fully saturated rings. The first-order valence-corrected chi connectivity index (χ1v) is 7.16. The van der Waals surface area contributed by atoms with Gasteiger partial charge in [-0.1, -0.05) is 18.7 Å². The van der Waals surface area contributed by atoms with Crippen LogP contribution >= 0.6 is 23.1 Å². The van der Waals surface area contributed by atoms with Gasteiger partial charge in [-0.25, -0.2) is 4.98 Å². The predicted octanol–water partition coefficient (Wildman–Crippen LogP) is 3.58. The summed E-state index contributed by atoms with van der Waals surface area (Å²) in [5, 5.41) is 0.558. The number of nitrogens with zero attached hydrogens (tertiary/aromatic N) is 1. The molecular formula is C12H13NO2S2. The lowest BCUT2D eigenvalue weighted by Crippen LogP contribution is -1.99. The number of ketones is 1. The largest absolute Gasteiger partial charge is 0.440 e. The number of hydrogen-bond donors (Lipinski definition) is 0. The minimum absolute atomic E-state index is 0.135. The van der Waals surface area contributed by atoms with Gasteiger partial charge in [0.25, 0.3) is 5.22 Å². The smallest absolute Gasteiger partial charge is 0.256 e. The normalized spacial score (nSPS) is 10.7. The third kappa shape index (κ3) is 3.20. The van der Waals surface area contributed by atoms with Crippen molar-refractivity contribution < 1.29 is 9.21 Å². The van der Waals surface area contributed by atoms with E-state index in [-0.39, 0.29) is 5.78 Å². The van der Waals surface area contributed by atoms with Gasteiger partial charge in [-0.15, -0.1) is 11.3 Å². The summed E-state index contributed by atoms with van der Waals surface area (Å²) in [4.78, 5) is 18.1. The summed E-state index contributed by atoms with van der Waals surface area (Å²) in [5.74, 6) is 0.513. The zero-order valence-electron chi connectivity index (χ0n) is 9.73. The highest BCUT2D eigenvalue weighted by Crippen LogP contribution is 2.22. The summed E-state index contributed by atoms with van der Waals surface area (Å²) in [5.41, 5.74) is 0.837. The van der Waals surface area contributed by atoms with E-state index in [4.69, 9.17) is 4.42 Å². The standard InChI is InChI=1S/C12H13NO2S2/c1-3-9-4-5-11(17-9)10(14)7-16-12-13-8(2)6-15-12/h4-6H,3,7H2,1-2H3. The highest BCUT2D eigenvalue weighted by molar-refractivity contribution is 7.99.